The van der Waals surface area contributed by atoms with Gasteiger partial charge < -0.3 is 0 Å². The molecule has 0 unspecified atom stereocenters. The normalized spacial score (nSPS) is 11.2. The zero-order chi connectivity index (χ0) is 19.6. The van der Waals surface area contributed by atoms with Crippen molar-refractivity contribution < 1.29 is 13.2 Å². The van der Waals surface area contributed by atoms with Crippen LogP contribution in [0.2, 0.25) is 0 Å². The van der Waals surface area contributed by atoms with E-state index >= 15 is 0 Å². The maximum absolute atomic E-state index is 12.7. The van der Waals surface area contributed by atoms with Gasteiger partial charge in [-0.2, -0.15) is 0 Å². The van der Waals surface area contributed by atoms with Gasteiger partial charge in [0.15, 0.2) is 0 Å². The molecule has 1 N–H and O–H groups in total. The van der Waals surface area contributed by atoms with Crippen LogP contribution in [0.3, 0.4) is 0 Å². The molecule has 0 aliphatic heterocycles. The fourth-order valence-electron chi connectivity index (χ4n) is 2.24. The number of amides is 1. The molecule has 0 saturated heterocycles. The maximum atomic E-state index is 12.7. The van der Waals surface area contributed by atoms with Crippen molar-refractivity contribution >= 4 is 54.0 Å². The molecule has 3 aromatic rings. The van der Waals surface area contributed by atoms with Crippen molar-refractivity contribution in [1.29, 1.82) is 0 Å². The van der Waals surface area contributed by atoms with Crippen LogP contribution in [0, 0.1) is 0 Å². The third-order valence-electron chi connectivity index (χ3n) is 3.53. The minimum atomic E-state index is -3.36. The zero-order valence-corrected chi connectivity index (χ0v) is 17.6. The molecule has 0 saturated carbocycles. The molecule has 0 radical (unpaired) electrons. The lowest BCUT2D eigenvalue weighted by Crippen LogP contribution is -2.26. The topological polar surface area (TPSA) is 92.3 Å². The van der Waals surface area contributed by atoms with Gasteiger partial charge in [0.2, 0.25) is 15.2 Å². The van der Waals surface area contributed by atoms with Gasteiger partial charge in [-0.15, -0.1) is 10.2 Å². The quantitative estimate of drug-likeness (QED) is 0.619. The highest BCUT2D eigenvalue weighted by Crippen LogP contribution is 2.29. The Balaban J connectivity index is 1.76. The minimum absolute atomic E-state index is 0.264. The van der Waals surface area contributed by atoms with E-state index in [9.17, 15) is 13.2 Å². The van der Waals surface area contributed by atoms with Gasteiger partial charge in [0.25, 0.3) is 5.91 Å². The van der Waals surface area contributed by atoms with Crippen LogP contribution in [0.5, 0.6) is 0 Å². The first kappa shape index (κ1) is 19.5. The van der Waals surface area contributed by atoms with Gasteiger partial charge in [-0.25, -0.2) is 8.42 Å². The molecule has 140 valence electrons. The molecule has 0 aliphatic rings. The van der Waals surface area contributed by atoms with Crippen molar-refractivity contribution in [2.45, 2.75) is 0 Å². The van der Waals surface area contributed by atoms with Crippen LogP contribution in [0.1, 0.15) is 10.4 Å². The van der Waals surface area contributed by atoms with Crippen molar-refractivity contribution in [3.8, 4) is 10.6 Å². The first-order chi connectivity index (χ1) is 12.7. The van der Waals surface area contributed by atoms with Crippen molar-refractivity contribution in [2.24, 2.45) is 0 Å². The van der Waals surface area contributed by atoms with Gasteiger partial charge in [-0.3, -0.25) is 14.4 Å². The Labute approximate surface area is 169 Å². The van der Waals surface area contributed by atoms with Crippen LogP contribution in [0.15, 0.2) is 53.0 Å². The van der Waals surface area contributed by atoms with Gasteiger partial charge >= 0.3 is 0 Å². The summed E-state index contributed by atoms with van der Waals surface area (Å²) in [6.45, 7) is 0. The van der Waals surface area contributed by atoms with Gasteiger partial charge in [0.05, 0.1) is 6.26 Å². The van der Waals surface area contributed by atoms with Gasteiger partial charge in [-0.05, 0) is 36.4 Å². The van der Waals surface area contributed by atoms with Crippen LogP contribution in [0.4, 0.5) is 10.8 Å². The molecule has 0 spiro atoms. The van der Waals surface area contributed by atoms with Gasteiger partial charge in [0.1, 0.15) is 5.01 Å². The van der Waals surface area contributed by atoms with Gasteiger partial charge in [0, 0.05) is 28.3 Å². The number of nitrogens with one attached hydrogen (secondary N) is 1. The number of sulfonamides is 1. The van der Waals surface area contributed by atoms with E-state index in [1.54, 1.807) is 19.2 Å². The van der Waals surface area contributed by atoms with E-state index in [1.165, 1.54) is 28.4 Å². The molecule has 0 atom stereocenters. The molecular weight excluding hydrogens is 452 g/mol. The lowest BCUT2D eigenvalue weighted by molar-refractivity contribution is 0.0993. The second-order valence-electron chi connectivity index (χ2n) is 5.71. The number of anilines is 2. The number of hydrogen-bond acceptors (Lipinski definition) is 6. The predicted octanol–water partition coefficient (Wildman–Crippen LogP) is 3.62. The lowest BCUT2D eigenvalue weighted by atomic mass is 10.2. The van der Waals surface area contributed by atoms with Crippen molar-refractivity contribution in [1.82, 2.24) is 10.2 Å². The van der Waals surface area contributed by atoms with E-state index < -0.39 is 10.0 Å². The van der Waals surface area contributed by atoms with Crippen LogP contribution >= 0.6 is 27.3 Å². The Morgan fingerprint density at radius 1 is 1.07 bits per heavy atom. The van der Waals surface area contributed by atoms with E-state index in [0.717, 1.165) is 16.3 Å². The molecule has 27 heavy (non-hydrogen) atoms. The van der Waals surface area contributed by atoms with Crippen LogP contribution in [0.25, 0.3) is 10.6 Å². The number of carbonyl (C=O) groups excluding carboxylic acids is 1. The number of rotatable bonds is 5. The Kier molecular flexibility index (Phi) is 5.59. The van der Waals surface area contributed by atoms with Gasteiger partial charge in [-0.1, -0.05) is 39.4 Å². The molecule has 7 nitrogen and oxygen atoms in total. The second-order valence-corrected chi connectivity index (χ2v) is 9.33. The SMILES string of the molecule is CN(C(=O)c1ccc(NS(C)(=O)=O)cc1)c1nnc(-c2ccc(Br)cc2)s1. The van der Waals surface area contributed by atoms with Crippen LogP contribution in [-0.4, -0.2) is 37.8 Å². The average molecular weight is 467 g/mol. The monoisotopic (exact) mass is 466 g/mol. The molecule has 0 fully saturated rings. The van der Waals surface area contributed by atoms with E-state index in [2.05, 4.69) is 30.8 Å². The molecule has 0 aliphatic carbocycles. The molecule has 0 bridgehead atoms. The summed E-state index contributed by atoms with van der Waals surface area (Å²) in [4.78, 5) is 14.1. The number of carbonyl (C=O) groups is 1. The molecule has 3 rings (SSSR count). The highest BCUT2D eigenvalue weighted by Gasteiger charge is 2.18. The van der Waals surface area contributed by atoms with Crippen molar-refractivity contribution in [2.75, 3.05) is 22.9 Å². The number of benzene rings is 2. The summed E-state index contributed by atoms with van der Waals surface area (Å²) in [6.07, 6.45) is 1.07. The zero-order valence-electron chi connectivity index (χ0n) is 14.4. The summed E-state index contributed by atoms with van der Waals surface area (Å²) in [6, 6.07) is 13.9. The van der Waals surface area contributed by atoms with Crippen molar-refractivity contribution in [3.05, 3.63) is 58.6 Å². The molecule has 1 aromatic heterocycles. The summed E-state index contributed by atoms with van der Waals surface area (Å²) in [7, 11) is -1.74. The fraction of sp³-hybridized carbons (Fsp3) is 0.118. The number of hydrogen-bond donors (Lipinski definition) is 1. The Bertz CT molecular complexity index is 1060. The van der Waals surface area contributed by atoms with E-state index in [4.69, 9.17) is 0 Å². The highest BCUT2D eigenvalue weighted by atomic mass is 79.9. The minimum Gasteiger partial charge on any atom is -0.286 e. The molecule has 10 heteroatoms. The smallest absolute Gasteiger partial charge is 0.259 e. The number of halogens is 1. The third-order valence-corrected chi connectivity index (χ3v) is 5.72. The summed E-state index contributed by atoms with van der Waals surface area (Å²) in [5, 5.41) is 9.43. The van der Waals surface area contributed by atoms with E-state index in [-0.39, 0.29) is 5.91 Å². The number of nitrogens with zero attached hydrogens (tertiary/aromatic N) is 3. The molecule has 2 aromatic carbocycles. The summed E-state index contributed by atoms with van der Waals surface area (Å²) in [5.74, 6) is -0.264. The largest absolute Gasteiger partial charge is 0.286 e. The number of aromatic nitrogens is 2. The summed E-state index contributed by atoms with van der Waals surface area (Å²) < 4.78 is 25.8. The Morgan fingerprint density at radius 3 is 2.30 bits per heavy atom. The third kappa shape index (κ3) is 4.90. The average Bonchev–Trinajstić information content (AvgIpc) is 3.10. The van der Waals surface area contributed by atoms with E-state index in [1.807, 2.05) is 24.3 Å². The van der Waals surface area contributed by atoms with Crippen LogP contribution in [-0.2, 0) is 10.0 Å². The fourth-order valence-corrected chi connectivity index (χ4v) is 3.87. The molecule has 1 heterocycles. The lowest BCUT2D eigenvalue weighted by Gasteiger charge is -2.13. The predicted molar refractivity (Wildman–Crippen MR) is 111 cm³/mol. The van der Waals surface area contributed by atoms with Crippen LogP contribution < -0.4 is 9.62 Å². The second kappa shape index (κ2) is 7.75. The maximum Gasteiger partial charge on any atom is 0.259 e. The summed E-state index contributed by atoms with van der Waals surface area (Å²) in [5.41, 5.74) is 1.72. The standard InChI is InChI=1S/C17H15BrN4O3S2/c1-22(16(23)12-5-9-14(10-6-12)21-27(2,24)25)17-20-19-15(26-17)11-3-7-13(18)8-4-11/h3-10,21H,1-2H3. The summed E-state index contributed by atoms with van der Waals surface area (Å²) >= 11 is 4.70. The van der Waals surface area contributed by atoms with Crippen molar-refractivity contribution in [3.63, 3.8) is 0 Å². The first-order valence-corrected chi connectivity index (χ1v) is 11.2. The Morgan fingerprint density at radius 2 is 1.70 bits per heavy atom. The molecule has 1 amide bonds. The highest BCUT2D eigenvalue weighted by molar-refractivity contribution is 9.10. The molecular formula is C17H15BrN4O3S2. The Hall–Kier alpha value is -2.30. The van der Waals surface area contributed by atoms with E-state index in [0.29, 0.717) is 21.4 Å². The first-order valence-electron chi connectivity index (χ1n) is 7.68.